The number of thiazole rings is 1. The number of carbonyl (C=O) groups is 1. The minimum absolute atomic E-state index is 0.0475. The van der Waals surface area contributed by atoms with E-state index in [2.05, 4.69) is 25.8 Å². The van der Waals surface area contributed by atoms with Gasteiger partial charge in [0.15, 0.2) is 11.0 Å². The van der Waals surface area contributed by atoms with Crippen molar-refractivity contribution in [3.8, 4) is 11.5 Å². The fraction of sp³-hybridized carbons (Fsp3) is 0.273. The second-order valence-corrected chi connectivity index (χ2v) is 8.62. The highest BCUT2D eigenvalue weighted by molar-refractivity contribution is 7.22. The summed E-state index contributed by atoms with van der Waals surface area (Å²) < 4.78 is 19.5. The number of benzene rings is 2. The molecule has 0 bridgehead atoms. The van der Waals surface area contributed by atoms with Gasteiger partial charge in [-0.2, -0.15) is 4.98 Å². The number of halogens is 1. The molecule has 2 N–H and O–H groups in total. The number of aryl methyl sites for hydroxylation is 1. The molecule has 2 aromatic carbocycles. The van der Waals surface area contributed by atoms with E-state index in [0.29, 0.717) is 22.8 Å². The number of nitrogens with zero attached hydrogens (tertiary/aromatic N) is 3. The summed E-state index contributed by atoms with van der Waals surface area (Å²) in [4.78, 5) is 21.9. The summed E-state index contributed by atoms with van der Waals surface area (Å²) in [5.74, 6) is 0.382. The first-order valence-electron chi connectivity index (χ1n) is 10.1. The van der Waals surface area contributed by atoms with Crippen LogP contribution in [0.5, 0.6) is 0 Å². The number of hydrogen-bond acceptors (Lipinski definition) is 7. The largest absolute Gasteiger partial charge is 0.357 e. The molecule has 31 heavy (non-hydrogen) atoms. The third-order valence-electron chi connectivity index (χ3n) is 5.42. The van der Waals surface area contributed by atoms with Gasteiger partial charge in [-0.25, -0.2) is 9.37 Å². The number of fused-ring (bicyclic) bond motifs is 1. The van der Waals surface area contributed by atoms with Crippen LogP contribution in [0.25, 0.3) is 21.7 Å². The summed E-state index contributed by atoms with van der Waals surface area (Å²) in [6.07, 6.45) is 2.77. The summed E-state index contributed by atoms with van der Waals surface area (Å²) in [6.45, 7) is 1.74. The predicted octanol–water partition coefficient (Wildman–Crippen LogP) is 4.56. The maximum absolute atomic E-state index is 13.5. The Balaban J connectivity index is 1.33. The summed E-state index contributed by atoms with van der Waals surface area (Å²) in [6, 6.07) is 11.8. The molecular weight excluding hydrogens is 417 g/mol. The lowest BCUT2D eigenvalue weighted by atomic mass is 10.1. The van der Waals surface area contributed by atoms with Crippen molar-refractivity contribution in [2.75, 3.05) is 5.32 Å². The van der Waals surface area contributed by atoms with Gasteiger partial charge in [-0.15, -0.1) is 0 Å². The normalized spacial score (nSPS) is 18.4. The van der Waals surface area contributed by atoms with Crippen LogP contribution >= 0.6 is 11.3 Å². The van der Waals surface area contributed by atoms with Gasteiger partial charge in [-0.05, 0) is 56.5 Å². The lowest BCUT2D eigenvalue weighted by molar-refractivity contribution is 0.0936. The summed E-state index contributed by atoms with van der Waals surface area (Å²) in [5, 5.41) is 11.1. The zero-order chi connectivity index (χ0) is 21.4. The molecule has 1 saturated carbocycles. The first kappa shape index (κ1) is 19.6. The van der Waals surface area contributed by atoms with E-state index >= 15 is 0 Å². The van der Waals surface area contributed by atoms with Gasteiger partial charge in [0.05, 0.1) is 21.3 Å². The Morgan fingerprint density at radius 3 is 2.84 bits per heavy atom. The number of aromatic nitrogens is 3. The number of hydrogen-bond donors (Lipinski definition) is 2. The minimum atomic E-state index is -0.274. The van der Waals surface area contributed by atoms with Crippen LogP contribution in [0.15, 0.2) is 47.0 Å². The molecule has 2 heterocycles. The van der Waals surface area contributed by atoms with Gasteiger partial charge in [0.25, 0.3) is 11.8 Å². The number of rotatable bonds is 5. The zero-order valence-corrected chi connectivity index (χ0v) is 17.6. The van der Waals surface area contributed by atoms with E-state index in [4.69, 9.17) is 4.52 Å². The van der Waals surface area contributed by atoms with Gasteiger partial charge >= 0.3 is 0 Å². The Kier molecular flexibility index (Phi) is 5.11. The summed E-state index contributed by atoms with van der Waals surface area (Å²) in [5.41, 5.74) is 1.86. The van der Waals surface area contributed by atoms with E-state index < -0.39 is 0 Å². The Labute approximate surface area is 181 Å². The van der Waals surface area contributed by atoms with Crippen molar-refractivity contribution in [1.82, 2.24) is 20.4 Å². The Hall–Kier alpha value is -3.33. The third kappa shape index (κ3) is 4.00. The van der Waals surface area contributed by atoms with Crippen LogP contribution < -0.4 is 10.6 Å². The van der Waals surface area contributed by atoms with Crippen LogP contribution in [0.4, 0.5) is 9.52 Å². The SMILES string of the molecule is Cc1noc(-c2ccccc2C(=O)N[C@@H]2CCC[C@H]2Nc2nc3ccc(F)cc3s2)n1. The van der Waals surface area contributed by atoms with E-state index in [1.807, 2.05) is 12.1 Å². The molecule has 2 atom stereocenters. The minimum Gasteiger partial charge on any atom is -0.357 e. The zero-order valence-electron chi connectivity index (χ0n) is 16.8. The fourth-order valence-electron chi connectivity index (χ4n) is 3.94. The smallest absolute Gasteiger partial charge is 0.258 e. The molecule has 1 aliphatic rings. The molecule has 5 rings (SSSR count). The van der Waals surface area contributed by atoms with Crippen LogP contribution in [0.1, 0.15) is 35.4 Å². The molecule has 0 radical (unpaired) electrons. The number of carbonyl (C=O) groups excluding carboxylic acids is 1. The summed E-state index contributed by atoms with van der Waals surface area (Å²) >= 11 is 1.42. The first-order chi connectivity index (χ1) is 15.1. The van der Waals surface area contributed by atoms with Crippen LogP contribution in [-0.2, 0) is 0 Å². The van der Waals surface area contributed by atoms with Gasteiger partial charge < -0.3 is 15.2 Å². The van der Waals surface area contributed by atoms with Crippen molar-refractivity contribution in [3.05, 3.63) is 59.7 Å². The van der Waals surface area contributed by atoms with Gasteiger partial charge in [0.2, 0.25) is 0 Å². The third-order valence-corrected chi connectivity index (χ3v) is 6.37. The van der Waals surface area contributed by atoms with E-state index in [0.717, 1.165) is 34.6 Å². The fourth-order valence-corrected chi connectivity index (χ4v) is 4.90. The van der Waals surface area contributed by atoms with Gasteiger partial charge in [-0.3, -0.25) is 4.79 Å². The van der Waals surface area contributed by atoms with Gasteiger partial charge in [-0.1, -0.05) is 28.6 Å². The van der Waals surface area contributed by atoms with Crippen LogP contribution in [0.3, 0.4) is 0 Å². The molecule has 7 nitrogen and oxygen atoms in total. The molecule has 2 aromatic heterocycles. The van der Waals surface area contributed by atoms with Crippen LogP contribution in [-0.4, -0.2) is 33.1 Å². The topological polar surface area (TPSA) is 92.9 Å². The number of nitrogens with one attached hydrogen (secondary N) is 2. The lowest BCUT2D eigenvalue weighted by Crippen LogP contribution is -2.43. The van der Waals surface area contributed by atoms with Crippen LogP contribution in [0.2, 0.25) is 0 Å². The quantitative estimate of drug-likeness (QED) is 0.476. The molecule has 158 valence electrons. The van der Waals surface area contributed by atoms with Gasteiger partial charge in [0, 0.05) is 12.1 Å². The maximum Gasteiger partial charge on any atom is 0.258 e. The van der Waals surface area contributed by atoms with Crippen molar-refractivity contribution in [1.29, 1.82) is 0 Å². The van der Waals surface area contributed by atoms with Crippen molar-refractivity contribution < 1.29 is 13.7 Å². The maximum atomic E-state index is 13.5. The molecule has 1 fully saturated rings. The number of anilines is 1. The average Bonchev–Trinajstić information content (AvgIpc) is 3.48. The first-order valence-corrected chi connectivity index (χ1v) is 10.9. The predicted molar refractivity (Wildman–Crippen MR) is 117 cm³/mol. The van der Waals surface area contributed by atoms with Crippen molar-refractivity contribution in [3.63, 3.8) is 0 Å². The van der Waals surface area contributed by atoms with Crippen molar-refractivity contribution in [2.24, 2.45) is 0 Å². The molecule has 1 aliphatic carbocycles. The molecule has 0 spiro atoms. The monoisotopic (exact) mass is 437 g/mol. The number of amides is 1. The highest BCUT2D eigenvalue weighted by atomic mass is 32.1. The molecule has 0 unspecified atom stereocenters. The summed E-state index contributed by atoms with van der Waals surface area (Å²) in [7, 11) is 0. The van der Waals surface area contributed by atoms with Gasteiger partial charge in [0.1, 0.15) is 5.82 Å². The van der Waals surface area contributed by atoms with Crippen molar-refractivity contribution in [2.45, 2.75) is 38.3 Å². The molecular formula is C22H20FN5O2S. The van der Waals surface area contributed by atoms with E-state index in [9.17, 15) is 9.18 Å². The van der Waals surface area contributed by atoms with Crippen LogP contribution in [0, 0.1) is 12.7 Å². The molecule has 0 saturated heterocycles. The standard InChI is InChI=1S/C22H20FN5O2S/c1-12-24-21(30-28-12)15-6-3-2-5-14(15)20(29)25-16-7-4-8-17(16)26-22-27-18-10-9-13(23)11-19(18)31-22/h2-3,5-6,9-11,16-17H,4,7-8H2,1H3,(H,25,29)(H,26,27)/t16-,17-/m1/s1. The molecule has 1 amide bonds. The second kappa shape index (κ2) is 8.07. The van der Waals surface area contributed by atoms with Crippen molar-refractivity contribution >= 4 is 32.6 Å². The highest BCUT2D eigenvalue weighted by Gasteiger charge is 2.30. The molecule has 9 heteroatoms. The highest BCUT2D eigenvalue weighted by Crippen LogP contribution is 2.30. The van der Waals surface area contributed by atoms with E-state index in [1.165, 1.54) is 23.5 Å². The Morgan fingerprint density at radius 2 is 2.00 bits per heavy atom. The lowest BCUT2D eigenvalue weighted by Gasteiger charge is -2.22. The average molecular weight is 438 g/mol. The Bertz CT molecular complexity index is 1250. The van der Waals surface area contributed by atoms with E-state index in [-0.39, 0.29) is 23.8 Å². The molecule has 4 aromatic rings. The molecule has 0 aliphatic heterocycles. The Morgan fingerprint density at radius 1 is 1.16 bits per heavy atom. The second-order valence-electron chi connectivity index (χ2n) is 7.59. The van der Waals surface area contributed by atoms with E-state index in [1.54, 1.807) is 25.1 Å².